The van der Waals surface area contributed by atoms with Gasteiger partial charge in [0.2, 0.25) is 5.91 Å². The lowest BCUT2D eigenvalue weighted by Crippen LogP contribution is -2.47. The first-order valence-corrected chi connectivity index (χ1v) is 6.52. The molecule has 1 rings (SSSR count). The number of hydrogen-bond donors (Lipinski definition) is 2. The summed E-state index contributed by atoms with van der Waals surface area (Å²) >= 11 is 1.36. The molecule has 2 amide bonds. The van der Waals surface area contributed by atoms with E-state index in [2.05, 4.69) is 5.32 Å². The average Bonchev–Trinajstić information content (AvgIpc) is 2.77. The van der Waals surface area contributed by atoms with Crippen molar-refractivity contribution in [2.24, 2.45) is 5.73 Å². The highest BCUT2D eigenvalue weighted by Gasteiger charge is 2.17. The van der Waals surface area contributed by atoms with Crippen LogP contribution in [0, 0.1) is 0 Å². The molecule has 0 aliphatic rings. The van der Waals surface area contributed by atoms with Gasteiger partial charge in [-0.05, 0) is 25.3 Å². The van der Waals surface area contributed by atoms with Crippen LogP contribution in [0.25, 0.3) is 0 Å². The lowest BCUT2D eigenvalue weighted by molar-refractivity contribution is -0.121. The van der Waals surface area contributed by atoms with Crippen LogP contribution >= 0.6 is 23.7 Å². The third-order valence-electron chi connectivity index (χ3n) is 2.20. The summed E-state index contributed by atoms with van der Waals surface area (Å²) < 4.78 is 0. The Kier molecular flexibility index (Phi) is 7.04. The first-order valence-electron chi connectivity index (χ1n) is 5.64. The summed E-state index contributed by atoms with van der Waals surface area (Å²) in [5, 5.41) is 4.53. The largest absolute Gasteiger partial charge is 0.353 e. The molecule has 0 radical (unpaired) electrons. The second kappa shape index (κ2) is 7.47. The van der Waals surface area contributed by atoms with Crippen molar-refractivity contribution in [2.45, 2.75) is 19.4 Å². The van der Waals surface area contributed by atoms with Crippen LogP contribution in [-0.2, 0) is 4.79 Å². The summed E-state index contributed by atoms with van der Waals surface area (Å²) in [5.74, 6) is -0.354. The van der Waals surface area contributed by atoms with Gasteiger partial charge in [0, 0.05) is 19.1 Å². The molecule has 5 nitrogen and oxygen atoms in total. The highest BCUT2D eigenvalue weighted by atomic mass is 35.5. The molecule has 1 heterocycles. The van der Waals surface area contributed by atoms with E-state index in [-0.39, 0.29) is 30.8 Å². The third kappa shape index (κ3) is 6.56. The van der Waals surface area contributed by atoms with Crippen LogP contribution in [0.3, 0.4) is 0 Å². The Morgan fingerprint density at radius 3 is 2.58 bits per heavy atom. The number of nitrogens with zero attached hydrogens (tertiary/aromatic N) is 1. The topological polar surface area (TPSA) is 75.4 Å². The van der Waals surface area contributed by atoms with E-state index in [0.29, 0.717) is 11.4 Å². The van der Waals surface area contributed by atoms with Crippen LogP contribution in [-0.4, -0.2) is 42.4 Å². The van der Waals surface area contributed by atoms with Gasteiger partial charge in [0.15, 0.2) is 0 Å². The number of hydrogen-bond acceptors (Lipinski definition) is 4. The van der Waals surface area contributed by atoms with Gasteiger partial charge < -0.3 is 16.0 Å². The van der Waals surface area contributed by atoms with E-state index < -0.39 is 5.54 Å². The van der Waals surface area contributed by atoms with Crippen molar-refractivity contribution in [1.29, 1.82) is 0 Å². The molecule has 0 spiro atoms. The molecule has 0 unspecified atom stereocenters. The van der Waals surface area contributed by atoms with Crippen LogP contribution in [0.4, 0.5) is 0 Å². The summed E-state index contributed by atoms with van der Waals surface area (Å²) in [6, 6.07) is 3.55. The smallest absolute Gasteiger partial charge is 0.264 e. The van der Waals surface area contributed by atoms with Gasteiger partial charge in [0.05, 0.1) is 11.4 Å². The maximum atomic E-state index is 11.9. The van der Waals surface area contributed by atoms with E-state index in [1.807, 2.05) is 25.3 Å². The van der Waals surface area contributed by atoms with Crippen molar-refractivity contribution in [2.75, 3.05) is 20.1 Å². The molecular weight excluding hydrogens is 286 g/mol. The van der Waals surface area contributed by atoms with Crippen LogP contribution < -0.4 is 11.1 Å². The summed E-state index contributed by atoms with van der Waals surface area (Å²) in [6.07, 6.45) is 0. The van der Waals surface area contributed by atoms with Gasteiger partial charge in [-0.3, -0.25) is 9.59 Å². The number of nitrogens with one attached hydrogen (secondary N) is 1. The predicted octanol–water partition coefficient (Wildman–Crippen LogP) is 1.10. The molecule has 108 valence electrons. The third-order valence-corrected chi connectivity index (χ3v) is 3.06. The Morgan fingerprint density at radius 2 is 2.11 bits per heavy atom. The number of amides is 2. The van der Waals surface area contributed by atoms with Gasteiger partial charge in [-0.1, -0.05) is 6.07 Å². The monoisotopic (exact) mass is 305 g/mol. The fourth-order valence-corrected chi connectivity index (χ4v) is 1.98. The van der Waals surface area contributed by atoms with Crippen molar-refractivity contribution in [3.63, 3.8) is 0 Å². The first-order chi connectivity index (χ1) is 8.29. The number of carbonyl (C=O) groups excluding carboxylic acids is 2. The van der Waals surface area contributed by atoms with Crippen molar-refractivity contribution in [3.8, 4) is 0 Å². The van der Waals surface area contributed by atoms with E-state index in [1.165, 1.54) is 16.2 Å². The van der Waals surface area contributed by atoms with Crippen LogP contribution in [0.1, 0.15) is 23.5 Å². The van der Waals surface area contributed by atoms with Gasteiger partial charge >= 0.3 is 0 Å². The fraction of sp³-hybridized carbons (Fsp3) is 0.500. The molecule has 0 saturated carbocycles. The fourth-order valence-electron chi connectivity index (χ4n) is 1.26. The summed E-state index contributed by atoms with van der Waals surface area (Å²) in [5.41, 5.74) is 5.31. The second-order valence-corrected chi connectivity index (χ2v) is 5.85. The standard InChI is InChI=1S/C12H19N3O2S.ClH/c1-12(2,13)8-14-10(16)7-15(3)11(17)9-5-4-6-18-9;/h4-6H,7-8,13H2,1-3H3,(H,14,16);1H. The molecule has 0 fully saturated rings. The summed E-state index contributed by atoms with van der Waals surface area (Å²) in [6.45, 7) is 4.07. The molecular formula is C12H20ClN3O2S. The van der Waals surface area contributed by atoms with E-state index in [1.54, 1.807) is 13.1 Å². The minimum absolute atomic E-state index is 0. The normalized spacial score (nSPS) is 10.5. The molecule has 0 bridgehead atoms. The Hall–Kier alpha value is -1.11. The molecule has 1 aromatic rings. The summed E-state index contributed by atoms with van der Waals surface area (Å²) in [7, 11) is 1.61. The van der Waals surface area contributed by atoms with E-state index in [4.69, 9.17) is 5.73 Å². The van der Waals surface area contributed by atoms with Gasteiger partial charge in [-0.25, -0.2) is 0 Å². The zero-order valence-corrected chi connectivity index (χ0v) is 12.9. The molecule has 7 heteroatoms. The minimum atomic E-state index is -0.452. The Bertz CT molecular complexity index is 415. The lowest BCUT2D eigenvalue weighted by atomic mass is 10.1. The molecule has 0 aromatic carbocycles. The van der Waals surface area contributed by atoms with Crippen molar-refractivity contribution in [1.82, 2.24) is 10.2 Å². The lowest BCUT2D eigenvalue weighted by Gasteiger charge is -2.21. The number of likely N-dealkylation sites (N-methyl/N-ethyl adjacent to an activating group) is 1. The molecule has 1 aromatic heterocycles. The highest BCUT2D eigenvalue weighted by Crippen LogP contribution is 2.10. The van der Waals surface area contributed by atoms with Gasteiger partial charge in [0.1, 0.15) is 0 Å². The quantitative estimate of drug-likeness (QED) is 0.855. The maximum absolute atomic E-state index is 11.9. The predicted molar refractivity (Wildman–Crippen MR) is 79.8 cm³/mol. The number of thiophene rings is 1. The van der Waals surface area contributed by atoms with Crippen LogP contribution in [0.5, 0.6) is 0 Å². The number of rotatable bonds is 5. The van der Waals surface area contributed by atoms with Gasteiger partial charge in [-0.15, -0.1) is 23.7 Å². The maximum Gasteiger partial charge on any atom is 0.264 e. The van der Waals surface area contributed by atoms with Crippen LogP contribution in [0.15, 0.2) is 17.5 Å². The van der Waals surface area contributed by atoms with E-state index in [9.17, 15) is 9.59 Å². The Balaban J connectivity index is 0.00000324. The Labute approximate surface area is 123 Å². The van der Waals surface area contributed by atoms with Gasteiger partial charge in [0.25, 0.3) is 5.91 Å². The minimum Gasteiger partial charge on any atom is -0.353 e. The van der Waals surface area contributed by atoms with Crippen molar-refractivity contribution >= 4 is 35.6 Å². The zero-order chi connectivity index (χ0) is 13.8. The molecule has 3 N–H and O–H groups in total. The van der Waals surface area contributed by atoms with Crippen molar-refractivity contribution in [3.05, 3.63) is 22.4 Å². The molecule has 0 aliphatic carbocycles. The number of nitrogens with two attached hydrogens (primary N) is 1. The SMILES string of the molecule is CN(CC(=O)NCC(C)(C)N)C(=O)c1cccs1.Cl. The summed E-state index contributed by atoms with van der Waals surface area (Å²) in [4.78, 5) is 25.5. The molecule has 0 aliphatic heterocycles. The molecule has 19 heavy (non-hydrogen) atoms. The van der Waals surface area contributed by atoms with E-state index in [0.717, 1.165) is 0 Å². The molecule has 0 atom stereocenters. The van der Waals surface area contributed by atoms with Crippen molar-refractivity contribution < 1.29 is 9.59 Å². The van der Waals surface area contributed by atoms with Gasteiger partial charge in [-0.2, -0.15) is 0 Å². The number of carbonyl (C=O) groups is 2. The Morgan fingerprint density at radius 1 is 1.47 bits per heavy atom. The highest BCUT2D eigenvalue weighted by molar-refractivity contribution is 7.12. The molecule has 0 saturated heterocycles. The first kappa shape index (κ1) is 17.9. The average molecular weight is 306 g/mol. The zero-order valence-electron chi connectivity index (χ0n) is 11.3. The number of halogens is 1. The van der Waals surface area contributed by atoms with E-state index >= 15 is 0 Å². The second-order valence-electron chi connectivity index (χ2n) is 4.90. The van der Waals surface area contributed by atoms with Crippen LogP contribution in [0.2, 0.25) is 0 Å².